The zero-order chi connectivity index (χ0) is 16.4. The molecule has 1 aromatic heterocycles. The Balaban J connectivity index is 2.22. The van der Waals surface area contributed by atoms with Crippen molar-refractivity contribution in [1.29, 1.82) is 0 Å². The maximum absolute atomic E-state index is 5.58. The van der Waals surface area contributed by atoms with Crippen LogP contribution in [0.15, 0.2) is 45.9 Å². The predicted molar refractivity (Wildman–Crippen MR) is 106 cm³/mol. The Bertz CT molecular complexity index is 847. The topological polar surface area (TPSA) is 18.5 Å². The van der Waals surface area contributed by atoms with Crippen LogP contribution in [0.5, 0.6) is 11.5 Å². The molecule has 1 heterocycles. The van der Waals surface area contributed by atoms with Crippen LogP contribution in [0.3, 0.4) is 0 Å². The number of hydrogen-bond acceptors (Lipinski definition) is 3. The van der Waals surface area contributed by atoms with Gasteiger partial charge >= 0.3 is 0 Å². The number of methoxy groups -OCH3 is 2. The summed E-state index contributed by atoms with van der Waals surface area (Å²) < 4.78 is 13.2. The second-order valence-electron chi connectivity index (χ2n) is 4.88. The first-order chi connectivity index (χ1) is 11.1. The van der Waals surface area contributed by atoms with E-state index in [1.807, 2.05) is 12.1 Å². The summed E-state index contributed by atoms with van der Waals surface area (Å²) in [6.45, 7) is 0. The van der Waals surface area contributed by atoms with E-state index in [1.165, 1.54) is 15.0 Å². The first-order valence-corrected chi connectivity index (χ1v) is 9.30. The standard InChI is InChI=1S/C18H14Br2O2S/c1-21-14-10-15(22-2)13(7-12(14)9-18(19)20)17-8-11-5-3-4-6-16(11)23-17/h3-10H,1-2H3. The third kappa shape index (κ3) is 3.47. The number of rotatable bonds is 4. The highest BCUT2D eigenvalue weighted by Gasteiger charge is 2.14. The van der Waals surface area contributed by atoms with E-state index in [4.69, 9.17) is 9.47 Å². The SMILES string of the molecule is COc1cc(OC)c(-c2cc3ccccc3s2)cc1C=C(Br)Br. The molecule has 0 unspecified atom stereocenters. The predicted octanol–water partition coefficient (Wildman–Crippen LogP) is 6.67. The summed E-state index contributed by atoms with van der Waals surface area (Å²) in [5.41, 5.74) is 2.03. The van der Waals surface area contributed by atoms with Gasteiger partial charge in [0, 0.05) is 26.8 Å². The van der Waals surface area contributed by atoms with Crippen molar-refractivity contribution in [3.8, 4) is 21.9 Å². The summed E-state index contributed by atoms with van der Waals surface area (Å²) in [6.07, 6.45) is 1.97. The fourth-order valence-electron chi connectivity index (χ4n) is 2.46. The van der Waals surface area contributed by atoms with E-state index in [0.29, 0.717) is 0 Å². The van der Waals surface area contributed by atoms with Gasteiger partial charge in [-0.15, -0.1) is 11.3 Å². The first kappa shape index (κ1) is 16.6. The van der Waals surface area contributed by atoms with Crippen LogP contribution in [0, 0.1) is 0 Å². The maximum Gasteiger partial charge on any atom is 0.131 e. The molecule has 0 fully saturated rings. The normalized spacial score (nSPS) is 10.6. The molecular weight excluding hydrogens is 440 g/mol. The highest BCUT2D eigenvalue weighted by molar-refractivity contribution is 9.28. The van der Waals surface area contributed by atoms with Crippen molar-refractivity contribution in [1.82, 2.24) is 0 Å². The highest BCUT2D eigenvalue weighted by atomic mass is 79.9. The van der Waals surface area contributed by atoms with Crippen LogP contribution in [-0.4, -0.2) is 14.2 Å². The summed E-state index contributed by atoms with van der Waals surface area (Å²) in [6, 6.07) is 14.6. The molecule has 0 bridgehead atoms. The van der Waals surface area contributed by atoms with Crippen LogP contribution >= 0.6 is 43.2 Å². The zero-order valence-corrected chi connectivity index (χ0v) is 16.6. The van der Waals surface area contributed by atoms with Gasteiger partial charge in [0.1, 0.15) is 11.5 Å². The molecule has 0 aliphatic rings. The summed E-state index contributed by atoms with van der Waals surface area (Å²) in [7, 11) is 3.34. The van der Waals surface area contributed by atoms with Gasteiger partial charge in [0.15, 0.2) is 0 Å². The van der Waals surface area contributed by atoms with Crippen LogP contribution in [0.2, 0.25) is 0 Å². The molecular formula is C18H14Br2O2S. The molecule has 0 N–H and O–H groups in total. The van der Waals surface area contributed by atoms with Crippen molar-refractivity contribution in [2.45, 2.75) is 0 Å². The molecule has 0 spiro atoms. The molecule has 2 aromatic carbocycles. The Morgan fingerprint density at radius 3 is 2.39 bits per heavy atom. The van der Waals surface area contributed by atoms with Gasteiger partial charge in [0.2, 0.25) is 0 Å². The minimum absolute atomic E-state index is 0.767. The first-order valence-electron chi connectivity index (χ1n) is 6.90. The van der Waals surface area contributed by atoms with Gasteiger partial charge in [-0.25, -0.2) is 0 Å². The number of hydrogen-bond donors (Lipinski definition) is 0. The van der Waals surface area contributed by atoms with Crippen LogP contribution < -0.4 is 9.47 Å². The molecule has 118 valence electrons. The van der Waals surface area contributed by atoms with Gasteiger partial charge in [-0.1, -0.05) is 18.2 Å². The number of halogens is 2. The van der Waals surface area contributed by atoms with Gasteiger partial charge in [-0.05, 0) is 61.5 Å². The average molecular weight is 454 g/mol. The molecule has 3 rings (SSSR count). The van der Waals surface area contributed by atoms with E-state index in [2.05, 4.69) is 68.3 Å². The second kappa shape index (κ2) is 7.07. The van der Waals surface area contributed by atoms with Crippen molar-refractivity contribution in [2.24, 2.45) is 0 Å². The fourth-order valence-corrected chi connectivity index (χ4v) is 4.04. The smallest absolute Gasteiger partial charge is 0.131 e. The summed E-state index contributed by atoms with van der Waals surface area (Å²) in [5, 5.41) is 1.24. The lowest BCUT2D eigenvalue weighted by molar-refractivity contribution is 0.395. The lowest BCUT2D eigenvalue weighted by Crippen LogP contribution is -1.92. The third-order valence-corrected chi connectivity index (χ3v) is 5.11. The molecule has 0 radical (unpaired) electrons. The van der Waals surface area contributed by atoms with Gasteiger partial charge in [0.25, 0.3) is 0 Å². The van der Waals surface area contributed by atoms with Crippen LogP contribution in [0.1, 0.15) is 5.56 Å². The van der Waals surface area contributed by atoms with Crippen molar-refractivity contribution in [2.75, 3.05) is 14.2 Å². The van der Waals surface area contributed by atoms with Crippen molar-refractivity contribution < 1.29 is 9.47 Å². The highest BCUT2D eigenvalue weighted by Crippen LogP contribution is 2.42. The number of ether oxygens (including phenoxy) is 2. The second-order valence-corrected chi connectivity index (χ2v) is 8.73. The molecule has 5 heteroatoms. The maximum atomic E-state index is 5.58. The molecule has 23 heavy (non-hydrogen) atoms. The van der Waals surface area contributed by atoms with Gasteiger partial charge in [0.05, 0.1) is 17.6 Å². The molecule has 0 aliphatic carbocycles. The minimum Gasteiger partial charge on any atom is -0.496 e. The van der Waals surface area contributed by atoms with Crippen molar-refractivity contribution in [3.63, 3.8) is 0 Å². The number of fused-ring (bicyclic) bond motifs is 1. The van der Waals surface area contributed by atoms with Crippen LogP contribution in [0.25, 0.3) is 26.6 Å². The van der Waals surface area contributed by atoms with Gasteiger partial charge < -0.3 is 9.47 Å². The number of benzene rings is 2. The largest absolute Gasteiger partial charge is 0.496 e. The summed E-state index contributed by atoms with van der Waals surface area (Å²) >= 11 is 8.58. The van der Waals surface area contributed by atoms with Crippen LogP contribution in [0.4, 0.5) is 0 Å². The molecule has 2 nitrogen and oxygen atoms in total. The summed E-state index contributed by atoms with van der Waals surface area (Å²) in [4.78, 5) is 1.17. The fraction of sp³-hybridized carbons (Fsp3) is 0.111. The van der Waals surface area contributed by atoms with E-state index >= 15 is 0 Å². The summed E-state index contributed by atoms with van der Waals surface area (Å²) in [5.74, 6) is 1.57. The molecule has 0 amide bonds. The van der Waals surface area contributed by atoms with Gasteiger partial charge in [-0.2, -0.15) is 0 Å². The molecule has 3 aromatic rings. The molecule has 0 atom stereocenters. The Labute approximate surface area is 156 Å². The van der Waals surface area contributed by atoms with E-state index in [9.17, 15) is 0 Å². The van der Waals surface area contributed by atoms with E-state index in [-0.39, 0.29) is 0 Å². The Hall–Kier alpha value is -1.30. The molecule has 0 saturated heterocycles. The average Bonchev–Trinajstić information content (AvgIpc) is 2.97. The molecule has 0 saturated carbocycles. The Morgan fingerprint density at radius 2 is 1.74 bits per heavy atom. The molecule has 0 aliphatic heterocycles. The third-order valence-electron chi connectivity index (χ3n) is 3.51. The Morgan fingerprint density at radius 1 is 1.00 bits per heavy atom. The van der Waals surface area contributed by atoms with Crippen molar-refractivity contribution in [3.05, 3.63) is 51.4 Å². The lowest BCUT2D eigenvalue weighted by atomic mass is 10.1. The monoisotopic (exact) mass is 452 g/mol. The number of thiophene rings is 1. The quantitative estimate of drug-likeness (QED) is 0.438. The van der Waals surface area contributed by atoms with Crippen molar-refractivity contribution >= 4 is 59.4 Å². The van der Waals surface area contributed by atoms with E-state index in [1.54, 1.807) is 25.6 Å². The lowest BCUT2D eigenvalue weighted by Gasteiger charge is -2.12. The van der Waals surface area contributed by atoms with Gasteiger partial charge in [-0.3, -0.25) is 0 Å². The van der Waals surface area contributed by atoms with E-state index in [0.717, 1.165) is 26.0 Å². The van der Waals surface area contributed by atoms with E-state index < -0.39 is 0 Å². The minimum atomic E-state index is 0.767. The Kier molecular flexibility index (Phi) is 5.09. The zero-order valence-electron chi connectivity index (χ0n) is 12.6. The van der Waals surface area contributed by atoms with Crippen LogP contribution in [-0.2, 0) is 0 Å².